The average molecular weight is 275 g/mol. The summed E-state index contributed by atoms with van der Waals surface area (Å²) in [6.07, 6.45) is 1.83. The van der Waals surface area contributed by atoms with Crippen molar-refractivity contribution in [3.8, 4) is 0 Å². The second kappa shape index (κ2) is 4.33. The quantitative estimate of drug-likeness (QED) is 0.715. The molecule has 3 nitrogen and oxygen atoms in total. The largest absolute Gasteiger partial charge is 0.329 e. The van der Waals surface area contributed by atoms with Gasteiger partial charge in [-0.25, -0.2) is 4.98 Å². The molecule has 3 rings (SSSR count). The number of rotatable bonds is 2. The van der Waals surface area contributed by atoms with Gasteiger partial charge in [-0.15, -0.1) is 0 Å². The minimum Gasteiger partial charge on any atom is -0.329 e. The Morgan fingerprint density at radius 1 is 1.44 bits per heavy atom. The van der Waals surface area contributed by atoms with Crippen molar-refractivity contribution in [3.63, 3.8) is 0 Å². The molecule has 18 heavy (non-hydrogen) atoms. The second-order valence-electron chi connectivity index (χ2n) is 4.36. The molecule has 1 atom stereocenters. The van der Waals surface area contributed by atoms with E-state index >= 15 is 0 Å². The molecular formula is C13H13N3S2. The predicted molar refractivity (Wildman–Crippen MR) is 77.8 cm³/mol. The maximum Gasteiger partial charge on any atom is 0.179 e. The lowest BCUT2D eigenvalue weighted by Crippen LogP contribution is -2.06. The van der Waals surface area contributed by atoms with Gasteiger partial charge in [-0.05, 0) is 60.1 Å². The molecular weight excluding hydrogens is 262 g/mol. The fraction of sp³-hybridized carbons (Fsp3) is 0.231. The van der Waals surface area contributed by atoms with Gasteiger partial charge >= 0.3 is 0 Å². The van der Waals surface area contributed by atoms with Crippen molar-refractivity contribution < 1.29 is 0 Å². The number of H-pyrrole nitrogens is 1. The third-order valence-corrected chi connectivity index (χ3v) is 4.23. The van der Waals surface area contributed by atoms with Crippen molar-refractivity contribution in [3.05, 3.63) is 45.0 Å². The van der Waals surface area contributed by atoms with Gasteiger partial charge in [0, 0.05) is 6.20 Å². The standard InChI is InChI=1S/C13H13N3S2/c1-8-3-5-14-12-11(8)15-13(17)16(12)9(2)10-4-6-18-7-10/h3-7,9H,1-2H3,(H,15,17). The first kappa shape index (κ1) is 11.6. The third-order valence-electron chi connectivity index (χ3n) is 3.23. The lowest BCUT2D eigenvalue weighted by Gasteiger charge is -2.12. The van der Waals surface area contributed by atoms with Crippen LogP contribution in [0.4, 0.5) is 0 Å². The summed E-state index contributed by atoms with van der Waals surface area (Å²) in [6, 6.07) is 4.32. The van der Waals surface area contributed by atoms with Crippen molar-refractivity contribution in [2.24, 2.45) is 0 Å². The van der Waals surface area contributed by atoms with E-state index < -0.39 is 0 Å². The van der Waals surface area contributed by atoms with Gasteiger partial charge in [0.2, 0.25) is 0 Å². The number of aromatic nitrogens is 3. The number of imidazole rings is 1. The van der Waals surface area contributed by atoms with Crippen LogP contribution < -0.4 is 0 Å². The van der Waals surface area contributed by atoms with Gasteiger partial charge in [-0.2, -0.15) is 11.3 Å². The molecule has 0 bridgehead atoms. The SMILES string of the molecule is Cc1ccnc2c1[nH]c(=S)n2C(C)c1ccsc1. The first-order valence-electron chi connectivity index (χ1n) is 5.76. The third kappa shape index (κ3) is 1.71. The van der Waals surface area contributed by atoms with Crippen LogP contribution in [-0.4, -0.2) is 14.5 Å². The number of pyridine rings is 1. The van der Waals surface area contributed by atoms with Crippen LogP contribution in [0.25, 0.3) is 11.2 Å². The van der Waals surface area contributed by atoms with Crippen molar-refractivity contribution >= 4 is 34.7 Å². The summed E-state index contributed by atoms with van der Waals surface area (Å²) in [5, 5.41) is 4.24. The Kier molecular flexibility index (Phi) is 2.80. The first-order chi connectivity index (χ1) is 8.68. The van der Waals surface area contributed by atoms with Crippen molar-refractivity contribution in [1.82, 2.24) is 14.5 Å². The van der Waals surface area contributed by atoms with Gasteiger partial charge in [0.15, 0.2) is 10.4 Å². The van der Waals surface area contributed by atoms with Gasteiger partial charge in [0.1, 0.15) is 0 Å². The van der Waals surface area contributed by atoms with Crippen molar-refractivity contribution in [2.45, 2.75) is 19.9 Å². The number of aromatic amines is 1. The maximum atomic E-state index is 5.43. The van der Waals surface area contributed by atoms with E-state index in [4.69, 9.17) is 12.2 Å². The maximum absolute atomic E-state index is 5.43. The van der Waals surface area contributed by atoms with E-state index in [2.05, 4.69) is 45.2 Å². The zero-order chi connectivity index (χ0) is 12.7. The van der Waals surface area contributed by atoms with Crippen LogP contribution in [0.3, 0.4) is 0 Å². The van der Waals surface area contributed by atoms with E-state index in [-0.39, 0.29) is 6.04 Å². The Morgan fingerprint density at radius 2 is 2.28 bits per heavy atom. The zero-order valence-corrected chi connectivity index (χ0v) is 11.8. The lowest BCUT2D eigenvalue weighted by molar-refractivity contribution is 0.646. The van der Waals surface area contributed by atoms with Crippen molar-refractivity contribution in [1.29, 1.82) is 0 Å². The monoisotopic (exact) mass is 275 g/mol. The predicted octanol–water partition coefficient (Wildman–Crippen LogP) is 4.07. The Bertz CT molecular complexity index is 737. The minimum absolute atomic E-state index is 0.201. The highest BCUT2D eigenvalue weighted by molar-refractivity contribution is 7.71. The summed E-state index contributed by atoms with van der Waals surface area (Å²) in [5.41, 5.74) is 4.39. The molecule has 0 saturated carbocycles. The molecule has 3 aromatic rings. The highest BCUT2D eigenvalue weighted by Crippen LogP contribution is 2.25. The molecule has 3 aromatic heterocycles. The molecule has 5 heteroatoms. The van der Waals surface area contributed by atoms with Gasteiger partial charge in [0.25, 0.3) is 0 Å². The fourth-order valence-corrected chi connectivity index (χ4v) is 3.26. The number of hydrogen-bond donors (Lipinski definition) is 1. The van der Waals surface area contributed by atoms with E-state index in [9.17, 15) is 0 Å². The summed E-state index contributed by atoms with van der Waals surface area (Å²) in [5.74, 6) is 0. The highest BCUT2D eigenvalue weighted by Gasteiger charge is 2.15. The van der Waals surface area contributed by atoms with Crippen LogP contribution >= 0.6 is 23.6 Å². The minimum atomic E-state index is 0.201. The Balaban J connectivity index is 2.26. The number of hydrogen-bond acceptors (Lipinski definition) is 3. The lowest BCUT2D eigenvalue weighted by atomic mass is 10.2. The van der Waals surface area contributed by atoms with Gasteiger partial charge in [-0.1, -0.05) is 0 Å². The van der Waals surface area contributed by atoms with Crippen LogP contribution in [0.2, 0.25) is 0 Å². The van der Waals surface area contributed by atoms with Crippen LogP contribution in [0.1, 0.15) is 24.1 Å². The van der Waals surface area contributed by atoms with Crippen LogP contribution in [0, 0.1) is 11.7 Å². The summed E-state index contributed by atoms with van der Waals surface area (Å²) in [4.78, 5) is 7.72. The molecule has 0 aliphatic rings. The van der Waals surface area contributed by atoms with E-state index in [0.29, 0.717) is 0 Å². The molecule has 0 saturated heterocycles. The summed E-state index contributed by atoms with van der Waals surface area (Å²) in [7, 11) is 0. The molecule has 0 aliphatic heterocycles. The molecule has 0 radical (unpaired) electrons. The van der Waals surface area contributed by atoms with Crippen LogP contribution in [0.5, 0.6) is 0 Å². The Labute approximate surface area is 114 Å². The number of nitrogens with one attached hydrogen (secondary N) is 1. The molecule has 1 N–H and O–H groups in total. The second-order valence-corrected chi connectivity index (χ2v) is 5.53. The van der Waals surface area contributed by atoms with Crippen LogP contribution in [-0.2, 0) is 0 Å². The normalized spacial score (nSPS) is 13.0. The molecule has 0 aromatic carbocycles. The fourth-order valence-electron chi connectivity index (χ4n) is 2.17. The summed E-state index contributed by atoms with van der Waals surface area (Å²) < 4.78 is 2.81. The number of aryl methyl sites for hydroxylation is 1. The molecule has 0 amide bonds. The van der Waals surface area contributed by atoms with E-state index in [1.165, 1.54) is 11.1 Å². The molecule has 1 unspecified atom stereocenters. The van der Waals surface area contributed by atoms with Gasteiger partial charge in [0.05, 0.1) is 11.6 Å². The Morgan fingerprint density at radius 3 is 3.00 bits per heavy atom. The molecule has 0 aliphatic carbocycles. The average Bonchev–Trinajstić information content (AvgIpc) is 2.96. The number of nitrogens with zero attached hydrogens (tertiary/aromatic N) is 2. The summed E-state index contributed by atoms with van der Waals surface area (Å²) >= 11 is 7.14. The van der Waals surface area contributed by atoms with Crippen molar-refractivity contribution in [2.75, 3.05) is 0 Å². The van der Waals surface area contributed by atoms with Gasteiger partial charge < -0.3 is 4.98 Å². The smallest absolute Gasteiger partial charge is 0.179 e. The summed E-state index contributed by atoms with van der Waals surface area (Å²) in [6.45, 7) is 4.21. The van der Waals surface area contributed by atoms with E-state index in [0.717, 1.165) is 15.9 Å². The van der Waals surface area contributed by atoms with Gasteiger partial charge in [-0.3, -0.25) is 4.57 Å². The van der Waals surface area contributed by atoms with E-state index in [1.807, 2.05) is 12.3 Å². The molecule has 3 heterocycles. The molecule has 0 spiro atoms. The Hall–Kier alpha value is -1.46. The number of fused-ring (bicyclic) bond motifs is 1. The number of thiophene rings is 1. The first-order valence-corrected chi connectivity index (χ1v) is 7.11. The molecule has 0 fully saturated rings. The zero-order valence-electron chi connectivity index (χ0n) is 10.2. The van der Waals surface area contributed by atoms with E-state index in [1.54, 1.807) is 11.3 Å². The topological polar surface area (TPSA) is 33.6 Å². The molecule has 92 valence electrons. The highest BCUT2D eigenvalue weighted by atomic mass is 32.1. The van der Waals surface area contributed by atoms with Crippen LogP contribution in [0.15, 0.2) is 29.1 Å².